The highest BCUT2D eigenvalue weighted by atomic mass is 79.9. The Balaban J connectivity index is 0.00000144. The van der Waals surface area contributed by atoms with E-state index < -0.39 is 0 Å². The molecule has 1 heterocycles. The van der Waals surface area contributed by atoms with Crippen molar-refractivity contribution in [2.45, 2.75) is 10.6 Å². The predicted octanol–water partition coefficient (Wildman–Crippen LogP) is 5.21. The third-order valence-electron chi connectivity index (χ3n) is 1.97. The Kier molecular flexibility index (Phi) is 6.34. The molecule has 0 spiro atoms. The molecule has 0 aliphatic carbocycles. The summed E-state index contributed by atoms with van der Waals surface area (Å²) >= 11 is 11.0. The van der Waals surface area contributed by atoms with Crippen LogP contribution >= 0.6 is 51.7 Å². The second-order valence-corrected chi connectivity index (χ2v) is 5.55. The minimum absolute atomic E-state index is 0. The van der Waals surface area contributed by atoms with E-state index in [0.717, 1.165) is 15.9 Å². The molecule has 1 nitrogen and oxygen atoms in total. The predicted molar refractivity (Wildman–Crippen MR) is 80.2 cm³/mol. The SMILES string of the molecule is Cl.Clc1cccc(CSc2ccc(Br)cc2)n1. The van der Waals surface area contributed by atoms with Crippen LogP contribution in [0.2, 0.25) is 5.15 Å². The van der Waals surface area contributed by atoms with E-state index in [-0.39, 0.29) is 12.4 Å². The minimum Gasteiger partial charge on any atom is -0.240 e. The molecule has 1 aromatic heterocycles. The van der Waals surface area contributed by atoms with Crippen molar-refractivity contribution in [1.82, 2.24) is 4.98 Å². The molecule has 0 amide bonds. The number of rotatable bonds is 3. The molecule has 0 atom stereocenters. The molecule has 0 bridgehead atoms. The van der Waals surface area contributed by atoms with Crippen LogP contribution in [0.1, 0.15) is 5.69 Å². The van der Waals surface area contributed by atoms with Gasteiger partial charge in [0.1, 0.15) is 5.15 Å². The Morgan fingerprint density at radius 3 is 2.47 bits per heavy atom. The van der Waals surface area contributed by atoms with E-state index in [2.05, 4.69) is 33.0 Å². The van der Waals surface area contributed by atoms with E-state index in [9.17, 15) is 0 Å². The van der Waals surface area contributed by atoms with Gasteiger partial charge in [-0.05, 0) is 36.4 Å². The molecule has 0 N–H and O–H groups in total. The molecule has 0 fully saturated rings. The van der Waals surface area contributed by atoms with Gasteiger partial charge in [0, 0.05) is 15.1 Å². The molecule has 0 saturated heterocycles. The third kappa shape index (κ3) is 4.88. The molecule has 5 heteroatoms. The average molecular weight is 351 g/mol. The van der Waals surface area contributed by atoms with Gasteiger partial charge in [-0.2, -0.15) is 0 Å². The molecule has 0 unspecified atom stereocenters. The van der Waals surface area contributed by atoms with Crippen molar-refractivity contribution in [3.05, 3.63) is 57.8 Å². The first-order valence-corrected chi connectivity index (χ1v) is 6.89. The summed E-state index contributed by atoms with van der Waals surface area (Å²) in [7, 11) is 0. The summed E-state index contributed by atoms with van der Waals surface area (Å²) in [4.78, 5) is 5.47. The lowest BCUT2D eigenvalue weighted by molar-refractivity contribution is 1.17. The summed E-state index contributed by atoms with van der Waals surface area (Å²) in [6, 6.07) is 13.9. The van der Waals surface area contributed by atoms with Crippen LogP contribution in [-0.4, -0.2) is 4.98 Å². The average Bonchev–Trinajstić information content (AvgIpc) is 2.28. The van der Waals surface area contributed by atoms with E-state index in [1.165, 1.54) is 4.90 Å². The van der Waals surface area contributed by atoms with Crippen molar-refractivity contribution in [2.75, 3.05) is 0 Å². The first-order valence-electron chi connectivity index (χ1n) is 4.74. The fourth-order valence-electron chi connectivity index (χ4n) is 1.22. The minimum atomic E-state index is 0. The quantitative estimate of drug-likeness (QED) is 0.556. The van der Waals surface area contributed by atoms with Crippen LogP contribution in [0.5, 0.6) is 0 Å². The van der Waals surface area contributed by atoms with Crippen molar-refractivity contribution in [2.24, 2.45) is 0 Å². The number of aromatic nitrogens is 1. The number of halogens is 3. The van der Waals surface area contributed by atoms with Gasteiger partial charge in [-0.3, -0.25) is 0 Å². The van der Waals surface area contributed by atoms with Gasteiger partial charge in [-0.15, -0.1) is 24.2 Å². The summed E-state index contributed by atoms with van der Waals surface area (Å²) in [6.45, 7) is 0. The normalized spacial score (nSPS) is 9.76. The largest absolute Gasteiger partial charge is 0.240 e. The maximum Gasteiger partial charge on any atom is 0.129 e. The van der Waals surface area contributed by atoms with Gasteiger partial charge in [0.2, 0.25) is 0 Å². The Labute approximate surface area is 125 Å². The van der Waals surface area contributed by atoms with Gasteiger partial charge in [-0.25, -0.2) is 4.98 Å². The molecule has 2 aromatic rings. The maximum atomic E-state index is 5.82. The molecule has 1 aromatic carbocycles. The van der Waals surface area contributed by atoms with Gasteiger partial charge in [-0.1, -0.05) is 33.6 Å². The molecule has 2 rings (SSSR count). The van der Waals surface area contributed by atoms with Crippen LogP contribution in [0, 0.1) is 0 Å². The Bertz CT molecular complexity index is 476. The monoisotopic (exact) mass is 349 g/mol. The second kappa shape index (κ2) is 7.27. The first kappa shape index (κ1) is 14.8. The van der Waals surface area contributed by atoms with E-state index in [0.29, 0.717) is 5.15 Å². The number of hydrogen-bond donors (Lipinski definition) is 0. The molecule has 0 saturated carbocycles. The van der Waals surface area contributed by atoms with Gasteiger partial charge in [0.05, 0.1) is 5.69 Å². The van der Waals surface area contributed by atoms with Gasteiger partial charge in [0.25, 0.3) is 0 Å². The van der Waals surface area contributed by atoms with E-state index in [1.807, 2.05) is 24.3 Å². The number of nitrogens with zero attached hydrogens (tertiary/aromatic N) is 1. The highest BCUT2D eigenvalue weighted by molar-refractivity contribution is 9.10. The smallest absolute Gasteiger partial charge is 0.129 e. The molecule has 17 heavy (non-hydrogen) atoms. The highest BCUT2D eigenvalue weighted by Crippen LogP contribution is 2.24. The van der Waals surface area contributed by atoms with Crippen molar-refractivity contribution in [3.8, 4) is 0 Å². The molecule has 0 aliphatic rings. The molecule has 0 aliphatic heterocycles. The van der Waals surface area contributed by atoms with Crippen LogP contribution in [-0.2, 0) is 5.75 Å². The Morgan fingerprint density at radius 1 is 1.12 bits per heavy atom. The van der Waals surface area contributed by atoms with E-state index in [4.69, 9.17) is 11.6 Å². The molecular weight excluding hydrogens is 341 g/mol. The number of benzene rings is 1. The van der Waals surface area contributed by atoms with Crippen LogP contribution < -0.4 is 0 Å². The second-order valence-electron chi connectivity index (χ2n) is 3.19. The van der Waals surface area contributed by atoms with Crippen LogP contribution in [0.25, 0.3) is 0 Å². The lowest BCUT2D eigenvalue weighted by Crippen LogP contribution is -1.86. The number of pyridine rings is 1. The Morgan fingerprint density at radius 2 is 1.82 bits per heavy atom. The third-order valence-corrected chi connectivity index (χ3v) is 3.76. The molecule has 0 radical (unpaired) electrons. The molecular formula is C12H10BrCl2NS. The highest BCUT2D eigenvalue weighted by Gasteiger charge is 1.98. The van der Waals surface area contributed by atoms with E-state index in [1.54, 1.807) is 17.8 Å². The summed E-state index contributed by atoms with van der Waals surface area (Å²) in [6.07, 6.45) is 0. The standard InChI is InChI=1S/C12H9BrClNS.ClH/c13-9-4-6-11(7-5-9)16-8-10-2-1-3-12(14)15-10;/h1-7H,8H2;1H. The van der Waals surface area contributed by atoms with Crippen LogP contribution in [0.15, 0.2) is 51.8 Å². The summed E-state index contributed by atoms with van der Waals surface area (Å²) in [5.74, 6) is 0.836. The van der Waals surface area contributed by atoms with Crippen molar-refractivity contribution in [3.63, 3.8) is 0 Å². The molecule has 90 valence electrons. The van der Waals surface area contributed by atoms with Crippen molar-refractivity contribution in [1.29, 1.82) is 0 Å². The van der Waals surface area contributed by atoms with Crippen LogP contribution in [0.4, 0.5) is 0 Å². The van der Waals surface area contributed by atoms with Gasteiger partial charge < -0.3 is 0 Å². The van der Waals surface area contributed by atoms with Crippen LogP contribution in [0.3, 0.4) is 0 Å². The van der Waals surface area contributed by atoms with Gasteiger partial charge >= 0.3 is 0 Å². The zero-order valence-electron chi connectivity index (χ0n) is 8.77. The zero-order chi connectivity index (χ0) is 11.4. The maximum absolute atomic E-state index is 5.82. The van der Waals surface area contributed by atoms with Crippen molar-refractivity contribution >= 4 is 51.7 Å². The zero-order valence-corrected chi connectivity index (χ0v) is 12.7. The number of thioether (sulfide) groups is 1. The number of hydrogen-bond acceptors (Lipinski definition) is 2. The van der Waals surface area contributed by atoms with Crippen molar-refractivity contribution < 1.29 is 0 Å². The fraction of sp³-hybridized carbons (Fsp3) is 0.0833. The summed E-state index contributed by atoms with van der Waals surface area (Å²) in [5, 5.41) is 0.550. The lowest BCUT2D eigenvalue weighted by atomic mass is 10.4. The summed E-state index contributed by atoms with van der Waals surface area (Å²) in [5.41, 5.74) is 1.00. The topological polar surface area (TPSA) is 12.9 Å². The summed E-state index contributed by atoms with van der Waals surface area (Å²) < 4.78 is 1.10. The van der Waals surface area contributed by atoms with E-state index >= 15 is 0 Å². The first-order chi connectivity index (χ1) is 7.74. The Hall–Kier alpha value is -0.220. The fourth-order valence-corrected chi connectivity index (χ4v) is 2.47. The van der Waals surface area contributed by atoms with Gasteiger partial charge in [0.15, 0.2) is 0 Å². The lowest BCUT2D eigenvalue weighted by Gasteiger charge is -2.01.